The fourth-order valence-electron chi connectivity index (χ4n) is 2.14. The standard InChI is InChI=1S/C11H17NO2/c1-6(2)10-7(3)8(4)12(9(10)5)11(13)14/h6H,1-5H3,(H,13,14). The van der Waals surface area contributed by atoms with Crippen LogP contribution in [0.3, 0.4) is 0 Å². The third-order valence-corrected chi connectivity index (χ3v) is 2.78. The molecule has 1 N–H and O–H groups in total. The summed E-state index contributed by atoms with van der Waals surface area (Å²) in [6.45, 7) is 9.87. The monoisotopic (exact) mass is 195 g/mol. The number of aromatic nitrogens is 1. The van der Waals surface area contributed by atoms with E-state index in [0.29, 0.717) is 5.92 Å². The molecule has 0 radical (unpaired) electrons. The lowest BCUT2D eigenvalue weighted by Gasteiger charge is -2.06. The quantitative estimate of drug-likeness (QED) is 0.748. The van der Waals surface area contributed by atoms with Crippen molar-refractivity contribution in [3.05, 3.63) is 22.5 Å². The van der Waals surface area contributed by atoms with Gasteiger partial charge in [-0.1, -0.05) is 13.8 Å². The molecule has 3 nitrogen and oxygen atoms in total. The van der Waals surface area contributed by atoms with Gasteiger partial charge in [0.15, 0.2) is 0 Å². The first-order valence-corrected chi connectivity index (χ1v) is 4.79. The molecule has 14 heavy (non-hydrogen) atoms. The van der Waals surface area contributed by atoms with Crippen LogP contribution < -0.4 is 0 Å². The number of rotatable bonds is 1. The minimum atomic E-state index is -0.894. The molecule has 0 aliphatic heterocycles. The van der Waals surface area contributed by atoms with Gasteiger partial charge in [-0.05, 0) is 37.8 Å². The third-order valence-electron chi connectivity index (χ3n) is 2.78. The molecule has 0 unspecified atom stereocenters. The molecule has 3 heteroatoms. The van der Waals surface area contributed by atoms with Crippen LogP contribution in [0.1, 0.15) is 42.3 Å². The van der Waals surface area contributed by atoms with Crippen molar-refractivity contribution in [2.75, 3.05) is 0 Å². The Balaban J connectivity index is 3.49. The fourth-order valence-corrected chi connectivity index (χ4v) is 2.14. The smallest absolute Gasteiger partial charge is 0.415 e. The molecule has 0 bridgehead atoms. The molecule has 1 heterocycles. The van der Waals surface area contributed by atoms with E-state index in [4.69, 9.17) is 5.11 Å². The van der Waals surface area contributed by atoms with Gasteiger partial charge in [0.05, 0.1) is 0 Å². The zero-order valence-electron chi connectivity index (χ0n) is 9.38. The first-order valence-electron chi connectivity index (χ1n) is 4.79. The maximum absolute atomic E-state index is 11.0. The number of nitrogens with zero attached hydrogens (tertiary/aromatic N) is 1. The summed E-state index contributed by atoms with van der Waals surface area (Å²) in [6.07, 6.45) is -0.894. The van der Waals surface area contributed by atoms with Gasteiger partial charge in [0.1, 0.15) is 0 Å². The van der Waals surface area contributed by atoms with E-state index >= 15 is 0 Å². The van der Waals surface area contributed by atoms with E-state index in [0.717, 1.165) is 22.5 Å². The molecule has 0 aliphatic carbocycles. The fraction of sp³-hybridized carbons (Fsp3) is 0.545. The predicted molar refractivity (Wildman–Crippen MR) is 56.2 cm³/mol. The van der Waals surface area contributed by atoms with Gasteiger partial charge in [-0.3, -0.25) is 4.57 Å². The van der Waals surface area contributed by atoms with Gasteiger partial charge in [-0.15, -0.1) is 0 Å². The van der Waals surface area contributed by atoms with E-state index in [2.05, 4.69) is 13.8 Å². The predicted octanol–water partition coefficient (Wildman–Crippen LogP) is 3.06. The molecule has 1 rings (SSSR count). The lowest BCUT2D eigenvalue weighted by Crippen LogP contribution is -2.11. The zero-order chi connectivity index (χ0) is 11.0. The molecule has 0 aliphatic rings. The minimum Gasteiger partial charge on any atom is -0.464 e. The van der Waals surface area contributed by atoms with E-state index < -0.39 is 6.09 Å². The van der Waals surface area contributed by atoms with Crippen molar-refractivity contribution in [1.29, 1.82) is 0 Å². The lowest BCUT2D eigenvalue weighted by atomic mass is 9.99. The van der Waals surface area contributed by atoms with Crippen LogP contribution in [0.5, 0.6) is 0 Å². The van der Waals surface area contributed by atoms with Gasteiger partial charge >= 0.3 is 6.09 Å². The molecule has 78 valence electrons. The van der Waals surface area contributed by atoms with Crippen molar-refractivity contribution in [2.24, 2.45) is 0 Å². The Bertz CT molecular complexity index is 375. The topological polar surface area (TPSA) is 42.2 Å². The van der Waals surface area contributed by atoms with Crippen molar-refractivity contribution in [3.8, 4) is 0 Å². The third kappa shape index (κ3) is 1.43. The van der Waals surface area contributed by atoms with Crippen molar-refractivity contribution in [1.82, 2.24) is 4.57 Å². The highest BCUT2D eigenvalue weighted by molar-refractivity contribution is 5.72. The van der Waals surface area contributed by atoms with Gasteiger partial charge in [0.2, 0.25) is 0 Å². The van der Waals surface area contributed by atoms with E-state index in [1.807, 2.05) is 20.8 Å². The summed E-state index contributed by atoms with van der Waals surface area (Å²) in [4.78, 5) is 11.0. The average molecular weight is 195 g/mol. The van der Waals surface area contributed by atoms with Crippen molar-refractivity contribution >= 4 is 6.09 Å². The van der Waals surface area contributed by atoms with Crippen molar-refractivity contribution < 1.29 is 9.90 Å². The first-order chi connectivity index (χ1) is 6.37. The number of hydrogen-bond donors (Lipinski definition) is 1. The van der Waals surface area contributed by atoms with E-state index in [9.17, 15) is 4.79 Å². The highest BCUT2D eigenvalue weighted by Gasteiger charge is 2.19. The number of carboxylic acid groups (broad SMARTS) is 1. The molecular formula is C11H17NO2. The first kappa shape index (κ1) is 10.8. The Labute approximate surface area is 84.4 Å². The summed E-state index contributed by atoms with van der Waals surface area (Å²) in [7, 11) is 0. The Morgan fingerprint density at radius 3 is 1.93 bits per heavy atom. The second-order valence-corrected chi connectivity index (χ2v) is 3.98. The maximum atomic E-state index is 11.0. The summed E-state index contributed by atoms with van der Waals surface area (Å²) in [5.74, 6) is 0.370. The zero-order valence-corrected chi connectivity index (χ0v) is 9.38. The lowest BCUT2D eigenvalue weighted by molar-refractivity contribution is 0.195. The Hall–Kier alpha value is -1.25. The summed E-state index contributed by atoms with van der Waals surface area (Å²) < 4.78 is 1.37. The molecule has 0 saturated carbocycles. The van der Waals surface area contributed by atoms with E-state index in [1.54, 1.807) is 0 Å². The molecule has 0 aromatic carbocycles. The molecule has 0 atom stereocenters. The van der Waals surface area contributed by atoms with Crippen LogP contribution in [-0.2, 0) is 0 Å². The van der Waals surface area contributed by atoms with E-state index in [-0.39, 0.29) is 0 Å². The van der Waals surface area contributed by atoms with Gasteiger partial charge in [-0.25, -0.2) is 4.79 Å². The van der Waals surface area contributed by atoms with Crippen molar-refractivity contribution in [3.63, 3.8) is 0 Å². The Kier molecular flexibility index (Phi) is 2.69. The molecule has 0 saturated heterocycles. The largest absolute Gasteiger partial charge is 0.464 e. The van der Waals surface area contributed by atoms with Crippen LogP contribution in [0.15, 0.2) is 0 Å². The molecule has 0 spiro atoms. The highest BCUT2D eigenvalue weighted by Crippen LogP contribution is 2.27. The summed E-state index contributed by atoms with van der Waals surface area (Å²) in [5.41, 5.74) is 3.94. The highest BCUT2D eigenvalue weighted by atomic mass is 16.4. The molecule has 1 aromatic rings. The second kappa shape index (κ2) is 3.48. The van der Waals surface area contributed by atoms with Crippen LogP contribution in [-0.4, -0.2) is 15.8 Å². The van der Waals surface area contributed by atoms with Crippen molar-refractivity contribution in [2.45, 2.75) is 40.5 Å². The summed E-state index contributed by atoms with van der Waals surface area (Å²) in [5, 5.41) is 9.03. The second-order valence-electron chi connectivity index (χ2n) is 3.98. The van der Waals surface area contributed by atoms with Crippen LogP contribution in [0.25, 0.3) is 0 Å². The van der Waals surface area contributed by atoms with Gasteiger partial charge in [-0.2, -0.15) is 0 Å². The minimum absolute atomic E-state index is 0.370. The van der Waals surface area contributed by atoms with Gasteiger partial charge in [0.25, 0.3) is 0 Å². The Morgan fingerprint density at radius 1 is 1.21 bits per heavy atom. The van der Waals surface area contributed by atoms with Crippen LogP contribution >= 0.6 is 0 Å². The maximum Gasteiger partial charge on any atom is 0.415 e. The van der Waals surface area contributed by atoms with E-state index in [1.165, 1.54) is 4.57 Å². The number of carbonyl (C=O) groups is 1. The number of hydrogen-bond acceptors (Lipinski definition) is 1. The van der Waals surface area contributed by atoms with Crippen LogP contribution in [0.4, 0.5) is 4.79 Å². The summed E-state index contributed by atoms with van der Waals surface area (Å²) in [6, 6.07) is 0. The Morgan fingerprint density at radius 2 is 1.71 bits per heavy atom. The van der Waals surface area contributed by atoms with Gasteiger partial charge in [0, 0.05) is 11.4 Å². The average Bonchev–Trinajstić information content (AvgIpc) is 2.23. The molecule has 1 aromatic heterocycles. The normalized spacial score (nSPS) is 11.0. The van der Waals surface area contributed by atoms with Crippen LogP contribution in [0, 0.1) is 20.8 Å². The van der Waals surface area contributed by atoms with Gasteiger partial charge < -0.3 is 5.11 Å². The molecule has 0 fully saturated rings. The summed E-state index contributed by atoms with van der Waals surface area (Å²) >= 11 is 0. The molecule has 0 amide bonds. The molecular weight excluding hydrogens is 178 g/mol. The van der Waals surface area contributed by atoms with Crippen LogP contribution in [0.2, 0.25) is 0 Å². The SMILES string of the molecule is Cc1c(C(C)C)c(C)n(C(=O)O)c1C.